The van der Waals surface area contributed by atoms with Gasteiger partial charge in [-0.2, -0.15) is 0 Å². The second-order valence-electron chi connectivity index (χ2n) is 3.92. The summed E-state index contributed by atoms with van der Waals surface area (Å²) in [5.41, 5.74) is 0. The van der Waals surface area contributed by atoms with Gasteiger partial charge in [0.2, 0.25) is 0 Å². The Balaban J connectivity index is 2.27. The van der Waals surface area contributed by atoms with Gasteiger partial charge in [-0.25, -0.2) is 13.8 Å². The van der Waals surface area contributed by atoms with E-state index in [0.717, 1.165) is 31.6 Å². The Labute approximate surface area is 94.5 Å². The van der Waals surface area contributed by atoms with E-state index >= 15 is 0 Å². The molecule has 0 aliphatic rings. The van der Waals surface area contributed by atoms with Crippen LogP contribution in [0, 0.1) is 11.6 Å². The second kappa shape index (κ2) is 6.37. The Bertz CT molecular complexity index is 329. The summed E-state index contributed by atoms with van der Waals surface area (Å²) >= 11 is 0. The van der Waals surface area contributed by atoms with Gasteiger partial charge in [-0.05, 0) is 33.5 Å². The van der Waals surface area contributed by atoms with E-state index in [1.807, 2.05) is 14.1 Å². The molecule has 0 aliphatic heterocycles. The number of rotatable bonds is 6. The first-order chi connectivity index (χ1) is 7.59. The maximum absolute atomic E-state index is 13.1. The van der Waals surface area contributed by atoms with E-state index in [1.165, 1.54) is 0 Å². The molecule has 3 nitrogen and oxygen atoms in total. The topological polar surface area (TPSA) is 28.2 Å². The lowest BCUT2D eigenvalue weighted by molar-refractivity contribution is 0.396. The monoisotopic (exact) mass is 229 g/mol. The van der Waals surface area contributed by atoms with E-state index in [9.17, 15) is 8.78 Å². The first kappa shape index (κ1) is 12.8. The SMILES string of the molecule is CN(C)CCCCNc1ncc(F)cc1F. The van der Waals surface area contributed by atoms with Crippen LogP contribution in [-0.4, -0.2) is 37.1 Å². The molecular weight excluding hydrogens is 212 g/mol. The van der Waals surface area contributed by atoms with Crippen LogP contribution in [0.3, 0.4) is 0 Å². The Morgan fingerprint density at radius 2 is 2.06 bits per heavy atom. The zero-order valence-electron chi connectivity index (χ0n) is 9.63. The molecule has 1 aromatic rings. The highest BCUT2D eigenvalue weighted by atomic mass is 19.1. The Morgan fingerprint density at radius 3 is 2.69 bits per heavy atom. The van der Waals surface area contributed by atoms with Crippen LogP contribution >= 0.6 is 0 Å². The minimum Gasteiger partial charge on any atom is -0.368 e. The van der Waals surface area contributed by atoms with Crippen molar-refractivity contribution in [2.24, 2.45) is 0 Å². The van der Waals surface area contributed by atoms with E-state index in [0.29, 0.717) is 6.54 Å². The van der Waals surface area contributed by atoms with Gasteiger partial charge < -0.3 is 10.2 Å². The number of pyridine rings is 1. The number of nitrogens with one attached hydrogen (secondary N) is 1. The molecule has 1 N–H and O–H groups in total. The van der Waals surface area contributed by atoms with Crippen molar-refractivity contribution in [2.75, 3.05) is 32.5 Å². The number of nitrogens with zero attached hydrogens (tertiary/aromatic N) is 2. The van der Waals surface area contributed by atoms with Crippen molar-refractivity contribution in [1.29, 1.82) is 0 Å². The summed E-state index contributed by atoms with van der Waals surface area (Å²) < 4.78 is 25.7. The van der Waals surface area contributed by atoms with E-state index < -0.39 is 11.6 Å². The van der Waals surface area contributed by atoms with Crippen molar-refractivity contribution in [3.05, 3.63) is 23.9 Å². The minimum absolute atomic E-state index is 0.117. The van der Waals surface area contributed by atoms with Gasteiger partial charge >= 0.3 is 0 Å². The molecule has 90 valence electrons. The predicted molar refractivity (Wildman–Crippen MR) is 60.4 cm³/mol. The smallest absolute Gasteiger partial charge is 0.168 e. The highest BCUT2D eigenvalue weighted by molar-refractivity contribution is 5.35. The summed E-state index contributed by atoms with van der Waals surface area (Å²) in [6.07, 6.45) is 2.96. The van der Waals surface area contributed by atoms with Gasteiger partial charge in [-0.1, -0.05) is 0 Å². The van der Waals surface area contributed by atoms with Crippen LogP contribution in [0.2, 0.25) is 0 Å². The molecule has 1 rings (SSSR count). The molecule has 0 radical (unpaired) electrons. The van der Waals surface area contributed by atoms with Gasteiger partial charge in [0.1, 0.15) is 5.82 Å². The van der Waals surface area contributed by atoms with Crippen molar-refractivity contribution in [3.63, 3.8) is 0 Å². The quantitative estimate of drug-likeness (QED) is 0.757. The van der Waals surface area contributed by atoms with E-state index in [2.05, 4.69) is 15.2 Å². The molecular formula is C11H17F2N3. The Hall–Kier alpha value is -1.23. The molecule has 0 bridgehead atoms. The number of hydrogen-bond acceptors (Lipinski definition) is 3. The molecule has 0 aromatic carbocycles. The summed E-state index contributed by atoms with van der Waals surface area (Å²) in [4.78, 5) is 5.73. The number of hydrogen-bond donors (Lipinski definition) is 1. The molecule has 0 atom stereocenters. The summed E-state index contributed by atoms with van der Waals surface area (Å²) in [5, 5.41) is 2.84. The molecule has 0 unspecified atom stereocenters. The van der Waals surface area contributed by atoms with Crippen LogP contribution in [0.5, 0.6) is 0 Å². The molecule has 0 fully saturated rings. The highest BCUT2D eigenvalue weighted by Gasteiger charge is 2.03. The van der Waals surface area contributed by atoms with Gasteiger partial charge in [0.15, 0.2) is 11.6 Å². The van der Waals surface area contributed by atoms with Gasteiger partial charge in [0.05, 0.1) is 6.20 Å². The van der Waals surface area contributed by atoms with Crippen LogP contribution in [0.1, 0.15) is 12.8 Å². The number of halogens is 2. The molecule has 0 amide bonds. The first-order valence-electron chi connectivity index (χ1n) is 5.29. The van der Waals surface area contributed by atoms with E-state index in [-0.39, 0.29) is 5.82 Å². The van der Waals surface area contributed by atoms with Crippen molar-refractivity contribution < 1.29 is 8.78 Å². The number of aromatic nitrogens is 1. The fourth-order valence-electron chi connectivity index (χ4n) is 1.30. The van der Waals surface area contributed by atoms with Crippen LogP contribution in [0.15, 0.2) is 12.3 Å². The molecule has 0 saturated heterocycles. The Morgan fingerprint density at radius 1 is 1.31 bits per heavy atom. The Kier molecular flexibility index (Phi) is 5.11. The maximum Gasteiger partial charge on any atom is 0.168 e. The summed E-state index contributed by atoms with van der Waals surface area (Å²) in [7, 11) is 4.02. The van der Waals surface area contributed by atoms with Crippen LogP contribution in [0.4, 0.5) is 14.6 Å². The summed E-state index contributed by atoms with van der Waals surface area (Å²) in [5.74, 6) is -1.19. The largest absolute Gasteiger partial charge is 0.368 e. The van der Waals surface area contributed by atoms with Crippen molar-refractivity contribution in [1.82, 2.24) is 9.88 Å². The number of anilines is 1. The van der Waals surface area contributed by atoms with Crippen LogP contribution < -0.4 is 5.32 Å². The molecule has 0 aliphatic carbocycles. The third-order valence-corrected chi connectivity index (χ3v) is 2.13. The highest BCUT2D eigenvalue weighted by Crippen LogP contribution is 2.10. The fraction of sp³-hybridized carbons (Fsp3) is 0.545. The molecule has 0 saturated carbocycles. The first-order valence-corrected chi connectivity index (χ1v) is 5.29. The third-order valence-electron chi connectivity index (χ3n) is 2.13. The van der Waals surface area contributed by atoms with Crippen LogP contribution in [-0.2, 0) is 0 Å². The second-order valence-corrected chi connectivity index (χ2v) is 3.92. The van der Waals surface area contributed by atoms with Crippen molar-refractivity contribution in [3.8, 4) is 0 Å². The molecule has 16 heavy (non-hydrogen) atoms. The molecule has 1 aromatic heterocycles. The lowest BCUT2D eigenvalue weighted by Gasteiger charge is -2.09. The molecule has 0 spiro atoms. The third kappa shape index (κ3) is 4.53. The van der Waals surface area contributed by atoms with Gasteiger partial charge in [-0.15, -0.1) is 0 Å². The summed E-state index contributed by atoms with van der Waals surface area (Å²) in [6.45, 7) is 1.64. The number of unbranched alkanes of at least 4 members (excludes halogenated alkanes) is 1. The van der Waals surface area contributed by atoms with Gasteiger partial charge in [0, 0.05) is 12.6 Å². The van der Waals surface area contributed by atoms with E-state index in [4.69, 9.17) is 0 Å². The standard InChI is InChI=1S/C11H17F2N3/c1-16(2)6-4-3-5-14-11-10(13)7-9(12)8-15-11/h7-8H,3-6H2,1-2H3,(H,14,15). The van der Waals surface area contributed by atoms with Gasteiger partial charge in [0.25, 0.3) is 0 Å². The van der Waals surface area contributed by atoms with Gasteiger partial charge in [-0.3, -0.25) is 0 Å². The molecule has 1 heterocycles. The fourth-order valence-corrected chi connectivity index (χ4v) is 1.30. The normalized spacial score (nSPS) is 10.8. The van der Waals surface area contributed by atoms with Crippen molar-refractivity contribution >= 4 is 5.82 Å². The molecule has 5 heteroatoms. The lowest BCUT2D eigenvalue weighted by atomic mass is 10.3. The summed E-state index contributed by atoms with van der Waals surface area (Å²) in [6, 6.07) is 0.829. The van der Waals surface area contributed by atoms with Crippen molar-refractivity contribution in [2.45, 2.75) is 12.8 Å². The average Bonchev–Trinajstić information content (AvgIpc) is 2.20. The lowest BCUT2D eigenvalue weighted by Crippen LogP contribution is -2.14. The predicted octanol–water partition coefficient (Wildman–Crippen LogP) is 2.11. The zero-order chi connectivity index (χ0) is 12.0. The minimum atomic E-state index is -0.657. The maximum atomic E-state index is 13.1. The average molecular weight is 229 g/mol. The van der Waals surface area contributed by atoms with Crippen LogP contribution in [0.25, 0.3) is 0 Å². The zero-order valence-corrected chi connectivity index (χ0v) is 9.63. The van der Waals surface area contributed by atoms with E-state index in [1.54, 1.807) is 0 Å².